The van der Waals surface area contributed by atoms with E-state index in [1.54, 1.807) is 18.5 Å². The molecule has 0 amide bonds. The second-order valence-corrected chi connectivity index (χ2v) is 5.94. The van der Waals surface area contributed by atoms with Gasteiger partial charge in [0.05, 0.1) is 28.2 Å². The van der Waals surface area contributed by atoms with Crippen molar-refractivity contribution in [3.05, 3.63) is 58.6 Å². The van der Waals surface area contributed by atoms with Crippen LogP contribution in [0.15, 0.2) is 42.9 Å². The summed E-state index contributed by atoms with van der Waals surface area (Å²) in [6.07, 6.45) is 4.40. The molecule has 2 heterocycles. The summed E-state index contributed by atoms with van der Waals surface area (Å²) in [5.41, 5.74) is 1.60. The molecule has 8 heteroatoms. The monoisotopic (exact) mass is 349 g/mol. The highest BCUT2D eigenvalue weighted by Gasteiger charge is 2.14. The van der Waals surface area contributed by atoms with Crippen LogP contribution in [0.1, 0.15) is 9.67 Å². The minimum absolute atomic E-state index is 0.124. The third-order valence-corrected chi connectivity index (χ3v) is 4.31. The summed E-state index contributed by atoms with van der Waals surface area (Å²) in [5, 5.41) is 12.9. The highest BCUT2D eigenvalue weighted by Crippen LogP contribution is 2.34. The first-order valence-electron chi connectivity index (χ1n) is 6.40. The number of pyridine rings is 1. The molecular formula is C15H9ClFN3O2S. The molecule has 0 bridgehead atoms. The van der Waals surface area contributed by atoms with E-state index >= 15 is 0 Å². The molecule has 3 aromatic rings. The first-order valence-corrected chi connectivity index (χ1v) is 7.59. The van der Waals surface area contributed by atoms with Gasteiger partial charge in [0.25, 0.3) is 0 Å². The standard InChI is InChI=1S/C15H9ClFN3O2S/c16-10-2-1-8(17)5-12(10)20-11-3-4-18-6-9(11)14-19-7-13(23-14)15(21)22/h1-7H,(H,18,20)(H,21,22). The van der Waals surface area contributed by atoms with Crippen molar-refractivity contribution in [1.82, 2.24) is 9.97 Å². The normalized spacial score (nSPS) is 10.5. The zero-order valence-corrected chi connectivity index (χ0v) is 13.0. The van der Waals surface area contributed by atoms with Gasteiger partial charge in [-0.05, 0) is 24.3 Å². The molecule has 2 N–H and O–H groups in total. The lowest BCUT2D eigenvalue weighted by Gasteiger charge is -2.11. The Labute approximate surface area is 139 Å². The Hall–Kier alpha value is -2.51. The predicted molar refractivity (Wildman–Crippen MR) is 87.0 cm³/mol. The smallest absolute Gasteiger partial charge is 0.347 e. The molecule has 0 radical (unpaired) electrons. The molecule has 0 unspecified atom stereocenters. The molecule has 5 nitrogen and oxygen atoms in total. The largest absolute Gasteiger partial charge is 0.477 e. The number of nitrogens with zero attached hydrogens (tertiary/aromatic N) is 2. The number of carboxylic acids is 1. The van der Waals surface area contributed by atoms with E-state index in [2.05, 4.69) is 15.3 Å². The fourth-order valence-electron chi connectivity index (χ4n) is 1.91. The molecule has 0 spiro atoms. The van der Waals surface area contributed by atoms with E-state index in [0.717, 1.165) is 11.3 Å². The number of hydrogen-bond acceptors (Lipinski definition) is 5. The molecule has 0 saturated heterocycles. The van der Waals surface area contributed by atoms with Gasteiger partial charge in [-0.25, -0.2) is 14.2 Å². The molecule has 116 valence electrons. The van der Waals surface area contributed by atoms with Crippen LogP contribution in [0.2, 0.25) is 5.02 Å². The Morgan fingerprint density at radius 3 is 2.83 bits per heavy atom. The zero-order valence-electron chi connectivity index (χ0n) is 11.5. The molecule has 0 atom stereocenters. The molecule has 0 saturated carbocycles. The molecule has 1 aromatic carbocycles. The lowest BCUT2D eigenvalue weighted by molar-refractivity contribution is 0.0702. The lowest BCUT2D eigenvalue weighted by Crippen LogP contribution is -1.95. The first kappa shape index (κ1) is 15.4. The van der Waals surface area contributed by atoms with Gasteiger partial charge in [0.1, 0.15) is 15.7 Å². The molecular weight excluding hydrogens is 341 g/mol. The number of nitrogens with one attached hydrogen (secondary N) is 1. The Morgan fingerprint density at radius 2 is 2.09 bits per heavy atom. The van der Waals surface area contributed by atoms with E-state index < -0.39 is 11.8 Å². The summed E-state index contributed by atoms with van der Waals surface area (Å²) in [7, 11) is 0. The number of halogens is 2. The van der Waals surface area contributed by atoms with Crippen molar-refractivity contribution in [1.29, 1.82) is 0 Å². The van der Waals surface area contributed by atoms with Crippen molar-refractivity contribution in [3.63, 3.8) is 0 Å². The number of thiazole rings is 1. The summed E-state index contributed by atoms with van der Waals surface area (Å²) in [6, 6.07) is 5.67. The number of benzene rings is 1. The van der Waals surface area contributed by atoms with Gasteiger partial charge < -0.3 is 10.4 Å². The number of carbonyl (C=O) groups is 1. The Bertz CT molecular complexity index is 885. The highest BCUT2D eigenvalue weighted by atomic mass is 35.5. The van der Waals surface area contributed by atoms with Crippen molar-refractivity contribution in [3.8, 4) is 10.6 Å². The third-order valence-electron chi connectivity index (χ3n) is 2.97. The summed E-state index contributed by atoms with van der Waals surface area (Å²) in [5.74, 6) is -1.46. The second kappa shape index (κ2) is 6.31. The summed E-state index contributed by atoms with van der Waals surface area (Å²) >= 11 is 7.08. The number of aromatic nitrogens is 2. The number of aromatic carboxylic acids is 1. The van der Waals surface area contributed by atoms with Crippen LogP contribution in [0.5, 0.6) is 0 Å². The van der Waals surface area contributed by atoms with Crippen molar-refractivity contribution in [2.75, 3.05) is 5.32 Å². The van der Waals surface area contributed by atoms with Crippen LogP contribution in [0.25, 0.3) is 10.6 Å². The van der Waals surface area contributed by atoms with Crippen molar-refractivity contribution in [2.24, 2.45) is 0 Å². The zero-order chi connectivity index (χ0) is 16.4. The Balaban J connectivity index is 2.00. The molecule has 2 aromatic heterocycles. The Kier molecular flexibility index (Phi) is 4.22. The summed E-state index contributed by atoms with van der Waals surface area (Å²) < 4.78 is 13.4. The highest BCUT2D eigenvalue weighted by molar-refractivity contribution is 7.16. The van der Waals surface area contributed by atoms with Crippen molar-refractivity contribution < 1.29 is 14.3 Å². The van der Waals surface area contributed by atoms with Crippen LogP contribution in [0, 0.1) is 5.82 Å². The minimum atomic E-state index is -1.04. The van der Waals surface area contributed by atoms with Gasteiger partial charge in [-0.15, -0.1) is 11.3 Å². The average molecular weight is 350 g/mol. The number of carboxylic acid groups (broad SMARTS) is 1. The van der Waals surface area contributed by atoms with E-state index in [9.17, 15) is 9.18 Å². The topological polar surface area (TPSA) is 75.1 Å². The second-order valence-electron chi connectivity index (χ2n) is 4.51. The fourth-order valence-corrected chi connectivity index (χ4v) is 2.85. The summed E-state index contributed by atoms with van der Waals surface area (Å²) in [4.78, 5) is 19.2. The maximum absolute atomic E-state index is 13.4. The van der Waals surface area contributed by atoms with Crippen LogP contribution in [-0.2, 0) is 0 Å². The van der Waals surface area contributed by atoms with Gasteiger partial charge in [-0.3, -0.25) is 4.98 Å². The maximum Gasteiger partial charge on any atom is 0.347 e. The van der Waals surface area contributed by atoms with E-state index in [1.165, 1.54) is 24.4 Å². The first-order chi connectivity index (χ1) is 11.0. The molecule has 0 aliphatic carbocycles. The lowest BCUT2D eigenvalue weighted by atomic mass is 10.2. The van der Waals surface area contributed by atoms with E-state index in [0.29, 0.717) is 27.0 Å². The van der Waals surface area contributed by atoms with Gasteiger partial charge in [-0.1, -0.05) is 11.6 Å². The number of rotatable bonds is 4. The van der Waals surface area contributed by atoms with Gasteiger partial charge in [0.15, 0.2) is 0 Å². The van der Waals surface area contributed by atoms with E-state index in [4.69, 9.17) is 16.7 Å². The summed E-state index contributed by atoms with van der Waals surface area (Å²) in [6.45, 7) is 0. The van der Waals surface area contributed by atoms with Gasteiger partial charge >= 0.3 is 5.97 Å². The maximum atomic E-state index is 13.4. The van der Waals surface area contributed by atoms with E-state index in [-0.39, 0.29) is 4.88 Å². The minimum Gasteiger partial charge on any atom is -0.477 e. The SMILES string of the molecule is O=C(O)c1cnc(-c2cnccc2Nc2cc(F)ccc2Cl)s1. The van der Waals surface area contributed by atoms with Crippen LogP contribution in [-0.4, -0.2) is 21.0 Å². The quantitative estimate of drug-likeness (QED) is 0.728. The predicted octanol–water partition coefficient (Wildman–Crippen LogP) is 4.44. The van der Waals surface area contributed by atoms with Crippen LogP contribution in [0.3, 0.4) is 0 Å². The molecule has 0 aliphatic rings. The Morgan fingerprint density at radius 1 is 1.26 bits per heavy atom. The average Bonchev–Trinajstić information content (AvgIpc) is 3.01. The molecule has 0 fully saturated rings. The fraction of sp³-hybridized carbons (Fsp3) is 0. The third kappa shape index (κ3) is 3.30. The van der Waals surface area contributed by atoms with E-state index in [1.807, 2.05) is 0 Å². The number of hydrogen-bond donors (Lipinski definition) is 2. The van der Waals surface area contributed by atoms with Crippen molar-refractivity contribution >= 4 is 40.3 Å². The van der Waals surface area contributed by atoms with Crippen LogP contribution >= 0.6 is 22.9 Å². The molecule has 0 aliphatic heterocycles. The van der Waals surface area contributed by atoms with Crippen LogP contribution < -0.4 is 5.32 Å². The van der Waals surface area contributed by atoms with Crippen LogP contribution in [0.4, 0.5) is 15.8 Å². The molecule has 23 heavy (non-hydrogen) atoms. The van der Waals surface area contributed by atoms with Gasteiger partial charge in [0.2, 0.25) is 0 Å². The number of anilines is 2. The van der Waals surface area contributed by atoms with Crippen molar-refractivity contribution in [2.45, 2.75) is 0 Å². The molecule has 3 rings (SSSR count). The van der Waals surface area contributed by atoms with Gasteiger partial charge in [-0.2, -0.15) is 0 Å². The van der Waals surface area contributed by atoms with Gasteiger partial charge in [0, 0.05) is 12.4 Å².